The molecule has 0 amide bonds. The van der Waals surface area contributed by atoms with Crippen molar-refractivity contribution in [2.24, 2.45) is 5.92 Å². The predicted molar refractivity (Wildman–Crippen MR) is 77.6 cm³/mol. The van der Waals surface area contributed by atoms with Crippen molar-refractivity contribution < 1.29 is 69.1 Å². The van der Waals surface area contributed by atoms with Gasteiger partial charge in [-0.05, 0) is 28.8 Å². The van der Waals surface area contributed by atoms with Crippen LogP contribution in [0, 0.1) is 5.92 Å². The largest absolute Gasteiger partial charge is 1.00 e. The molecule has 0 aromatic heterocycles. The number of ether oxygens (including phenoxy) is 1. The Labute approximate surface area is 165 Å². The minimum absolute atomic E-state index is 0. The van der Waals surface area contributed by atoms with Crippen LogP contribution in [-0.2, 0) is 0 Å². The van der Waals surface area contributed by atoms with Gasteiger partial charge in [-0.1, -0.05) is 44.5 Å². The maximum atomic E-state index is 12.7. The first-order chi connectivity index (χ1) is 9.40. The van der Waals surface area contributed by atoms with Gasteiger partial charge in [0.1, 0.15) is 5.75 Å². The van der Waals surface area contributed by atoms with Crippen molar-refractivity contribution in [2.75, 3.05) is 6.61 Å². The third-order valence-corrected chi connectivity index (χ3v) is 3.45. The van der Waals surface area contributed by atoms with Crippen molar-refractivity contribution >= 4 is 23.2 Å². The average molecular weight is 320 g/mol. The molecule has 0 saturated heterocycles. The molecule has 2 aromatic carbocycles. The fourth-order valence-corrected chi connectivity index (χ4v) is 1.89. The predicted octanol–water partition coefficient (Wildman–Crippen LogP) is 1.32. The van der Waals surface area contributed by atoms with Crippen LogP contribution in [0.1, 0.15) is 20.3 Å². The van der Waals surface area contributed by atoms with Gasteiger partial charge in [-0.3, -0.25) is 0 Å². The van der Waals surface area contributed by atoms with Crippen LogP contribution in [-0.4, -0.2) is 13.6 Å². The van der Waals surface area contributed by atoms with Crippen LogP contribution in [0.15, 0.2) is 36.4 Å². The number of fused-ring (bicyclic) bond motifs is 1. The van der Waals surface area contributed by atoms with Gasteiger partial charge in [0.2, 0.25) is 0 Å². The second kappa shape index (κ2) is 8.02. The van der Waals surface area contributed by atoms with Crippen LogP contribution in [0.2, 0.25) is 0 Å². The quantitative estimate of drug-likeness (QED) is 0.755. The molecule has 0 aliphatic rings. The fraction of sp³-hybridized carbons (Fsp3) is 0.333. The molecule has 1 nitrogen and oxygen atoms in total. The summed E-state index contributed by atoms with van der Waals surface area (Å²) < 4.78 is 43.7. The number of rotatable bonds is 5. The third kappa shape index (κ3) is 5.29. The summed E-state index contributed by atoms with van der Waals surface area (Å²) in [6.07, 6.45) is 1.03. The normalized spacial score (nSPS) is 12.8. The first-order valence-electron chi connectivity index (χ1n) is 6.76. The molecule has 1 unspecified atom stereocenters. The van der Waals surface area contributed by atoms with E-state index >= 15 is 0 Å². The monoisotopic (exact) mass is 320 g/mol. The van der Waals surface area contributed by atoms with Crippen molar-refractivity contribution in [3.63, 3.8) is 0 Å². The molecule has 0 aliphatic carbocycles. The van der Waals surface area contributed by atoms with E-state index in [9.17, 15) is 12.9 Å². The van der Waals surface area contributed by atoms with E-state index in [-0.39, 0.29) is 51.4 Å². The molecule has 0 aliphatic heterocycles. The van der Waals surface area contributed by atoms with Crippen molar-refractivity contribution in [1.29, 1.82) is 0 Å². The summed E-state index contributed by atoms with van der Waals surface area (Å²) in [4.78, 5) is 0. The smallest absolute Gasteiger partial charge is 0.493 e. The molecule has 2 rings (SSSR count). The average Bonchev–Trinajstić information content (AvgIpc) is 2.42. The van der Waals surface area contributed by atoms with E-state index in [1.165, 1.54) is 12.1 Å². The maximum absolute atomic E-state index is 12.7. The summed E-state index contributed by atoms with van der Waals surface area (Å²) in [6.45, 7) is -0.142. The van der Waals surface area contributed by atoms with Crippen molar-refractivity contribution in [3.05, 3.63) is 36.4 Å². The van der Waals surface area contributed by atoms with E-state index < -0.39 is 12.4 Å². The van der Waals surface area contributed by atoms with E-state index in [1.807, 2.05) is 0 Å². The van der Waals surface area contributed by atoms with Gasteiger partial charge in [-0.15, -0.1) is 5.46 Å². The van der Waals surface area contributed by atoms with Crippen LogP contribution in [0.3, 0.4) is 0 Å². The summed E-state index contributed by atoms with van der Waals surface area (Å²) >= 11 is 0. The minimum Gasteiger partial charge on any atom is -0.493 e. The molecule has 0 heterocycles. The molecule has 0 saturated carbocycles. The van der Waals surface area contributed by atoms with E-state index in [0.29, 0.717) is 23.7 Å². The van der Waals surface area contributed by atoms with Crippen molar-refractivity contribution in [2.45, 2.75) is 20.3 Å². The van der Waals surface area contributed by atoms with Crippen LogP contribution < -0.4 is 61.6 Å². The molecular formula is C15H17BF3KO. The first kappa shape index (κ1) is 19.0. The molecular weight excluding hydrogens is 303 g/mol. The minimum atomic E-state index is -4.95. The topological polar surface area (TPSA) is 9.23 Å². The van der Waals surface area contributed by atoms with E-state index in [2.05, 4.69) is 13.8 Å². The molecule has 0 fully saturated rings. The zero-order valence-corrected chi connectivity index (χ0v) is 15.7. The Hall–Kier alpha value is -0.00870. The molecule has 0 bridgehead atoms. The number of benzene rings is 2. The Kier molecular flexibility index (Phi) is 7.27. The first-order valence-corrected chi connectivity index (χ1v) is 6.76. The second-order valence-corrected chi connectivity index (χ2v) is 5.17. The number of halogens is 3. The van der Waals surface area contributed by atoms with Crippen LogP contribution in [0.25, 0.3) is 10.8 Å². The summed E-state index contributed by atoms with van der Waals surface area (Å²) in [7, 11) is 0. The molecule has 2 aromatic rings. The Balaban J connectivity index is 0.00000220. The summed E-state index contributed by atoms with van der Waals surface area (Å²) in [5.74, 6) is 1.16. The zero-order valence-electron chi connectivity index (χ0n) is 12.6. The van der Waals surface area contributed by atoms with Gasteiger partial charge in [0.05, 0.1) is 6.61 Å². The molecule has 108 valence electrons. The number of hydrogen-bond acceptors (Lipinski definition) is 1. The van der Waals surface area contributed by atoms with Gasteiger partial charge in [0.25, 0.3) is 0 Å². The van der Waals surface area contributed by atoms with E-state index in [0.717, 1.165) is 17.9 Å². The van der Waals surface area contributed by atoms with E-state index in [1.54, 1.807) is 18.2 Å². The Morgan fingerprint density at radius 2 is 1.67 bits per heavy atom. The van der Waals surface area contributed by atoms with Gasteiger partial charge in [-0.2, -0.15) is 0 Å². The van der Waals surface area contributed by atoms with Gasteiger partial charge in [0.15, 0.2) is 0 Å². The molecule has 21 heavy (non-hydrogen) atoms. The maximum Gasteiger partial charge on any atom is 1.00 e. The summed E-state index contributed by atoms with van der Waals surface area (Å²) in [5.41, 5.74) is -0.564. The van der Waals surface area contributed by atoms with E-state index in [4.69, 9.17) is 4.74 Å². The molecule has 0 N–H and O–H groups in total. The van der Waals surface area contributed by atoms with Gasteiger partial charge < -0.3 is 17.7 Å². The molecule has 0 spiro atoms. The van der Waals surface area contributed by atoms with Crippen LogP contribution in [0.4, 0.5) is 12.9 Å². The zero-order chi connectivity index (χ0) is 14.8. The second-order valence-electron chi connectivity index (χ2n) is 5.17. The van der Waals surface area contributed by atoms with Crippen molar-refractivity contribution in [1.82, 2.24) is 0 Å². The molecule has 1 atom stereocenters. The third-order valence-electron chi connectivity index (χ3n) is 3.45. The van der Waals surface area contributed by atoms with Gasteiger partial charge in [-0.25, -0.2) is 0 Å². The van der Waals surface area contributed by atoms with Gasteiger partial charge in [0, 0.05) is 0 Å². The van der Waals surface area contributed by atoms with Crippen molar-refractivity contribution in [3.8, 4) is 5.75 Å². The van der Waals surface area contributed by atoms with Gasteiger partial charge >= 0.3 is 58.4 Å². The molecule has 0 radical (unpaired) electrons. The SMILES string of the molecule is CCC(C)COc1ccc2cc([B-](F)(F)F)ccc2c1.[K+]. The number of hydrogen-bond donors (Lipinski definition) is 0. The Morgan fingerprint density at radius 1 is 1.05 bits per heavy atom. The van der Waals surface area contributed by atoms with Crippen LogP contribution in [0.5, 0.6) is 5.75 Å². The summed E-state index contributed by atoms with van der Waals surface area (Å²) in [5, 5.41) is 1.34. The van der Waals surface area contributed by atoms with Crippen LogP contribution >= 0.6 is 0 Å². The Bertz CT molecular complexity index is 601. The summed E-state index contributed by atoms with van der Waals surface area (Å²) in [6, 6.07) is 8.99. The Morgan fingerprint density at radius 3 is 2.29 bits per heavy atom. The molecule has 6 heteroatoms. The standard InChI is InChI=1S/C15H17BF3O.K/c1-3-11(2)10-20-15-7-5-12-8-14(16(17,18)19)6-4-13(12)9-15;/h4-9,11H,3,10H2,1-2H3;/q-1;+1. The fourth-order valence-electron chi connectivity index (χ4n) is 1.89.